The number of amides is 1. The fourth-order valence-electron chi connectivity index (χ4n) is 2.60. The van der Waals surface area contributed by atoms with Crippen molar-refractivity contribution >= 4 is 32.0 Å². The van der Waals surface area contributed by atoms with Crippen molar-refractivity contribution in [2.45, 2.75) is 42.0 Å². The first kappa shape index (κ1) is 15.8. The summed E-state index contributed by atoms with van der Waals surface area (Å²) >= 11 is 3.55. The summed E-state index contributed by atoms with van der Waals surface area (Å²) in [7, 11) is -3.89. The Morgan fingerprint density at radius 2 is 1.95 bits per heavy atom. The van der Waals surface area contributed by atoms with Crippen molar-refractivity contribution in [1.29, 1.82) is 0 Å². The molecule has 5 nitrogen and oxygen atoms in total. The van der Waals surface area contributed by atoms with E-state index in [1.54, 1.807) is 12.1 Å². The lowest BCUT2D eigenvalue weighted by atomic mass is 10.1. The second kappa shape index (κ2) is 5.85. The topological polar surface area (TPSA) is 63.7 Å². The Bertz CT molecular complexity index is 669. The predicted molar refractivity (Wildman–Crippen MR) is 85.4 cm³/mol. The molecule has 1 amide bonds. The lowest BCUT2D eigenvalue weighted by molar-refractivity contribution is 0.170. The standard InChI is InChI=1S/C15H18BrNO4S/c1-10-2-6-12(7-3-10)22(19,20)17-14(9-21-15(17)18)13(16)8-11-4-5-11/h2-3,6-7,11,13-14H,4-5,8-9H2,1H3. The summed E-state index contributed by atoms with van der Waals surface area (Å²) in [6.07, 6.45) is 2.43. The number of aryl methyl sites for hydroxylation is 1. The van der Waals surface area contributed by atoms with E-state index in [1.807, 2.05) is 6.92 Å². The zero-order valence-electron chi connectivity index (χ0n) is 12.2. The van der Waals surface area contributed by atoms with E-state index in [4.69, 9.17) is 4.74 Å². The molecular formula is C15H18BrNO4S. The normalized spacial score (nSPS) is 23.5. The minimum atomic E-state index is -3.89. The van der Waals surface area contributed by atoms with E-state index in [-0.39, 0.29) is 16.3 Å². The molecule has 1 heterocycles. The Hall–Kier alpha value is -1.08. The van der Waals surface area contributed by atoms with Crippen LogP contribution in [0.5, 0.6) is 0 Å². The number of hydrogen-bond acceptors (Lipinski definition) is 4. The monoisotopic (exact) mass is 387 g/mol. The highest BCUT2D eigenvalue weighted by atomic mass is 79.9. The molecule has 1 aromatic carbocycles. The lowest BCUT2D eigenvalue weighted by Gasteiger charge is -2.25. The number of sulfonamides is 1. The maximum absolute atomic E-state index is 12.8. The molecule has 0 aromatic heterocycles. The van der Waals surface area contributed by atoms with Gasteiger partial charge in [0.15, 0.2) is 0 Å². The first-order valence-corrected chi connectivity index (χ1v) is 9.67. The Morgan fingerprint density at radius 3 is 2.55 bits per heavy atom. The number of ether oxygens (including phenoxy) is 1. The van der Waals surface area contributed by atoms with Crippen molar-refractivity contribution in [1.82, 2.24) is 4.31 Å². The maximum Gasteiger partial charge on any atom is 0.424 e. The van der Waals surface area contributed by atoms with E-state index in [9.17, 15) is 13.2 Å². The fourth-order valence-corrected chi connectivity index (χ4v) is 5.20. The van der Waals surface area contributed by atoms with Crippen molar-refractivity contribution in [3.05, 3.63) is 29.8 Å². The zero-order chi connectivity index (χ0) is 15.9. The molecule has 1 aromatic rings. The largest absolute Gasteiger partial charge is 0.446 e. The minimum absolute atomic E-state index is 0.0772. The number of halogens is 1. The van der Waals surface area contributed by atoms with Crippen molar-refractivity contribution < 1.29 is 17.9 Å². The van der Waals surface area contributed by atoms with Crippen molar-refractivity contribution in [3.63, 3.8) is 0 Å². The third kappa shape index (κ3) is 3.01. The van der Waals surface area contributed by atoms with Gasteiger partial charge in [0.1, 0.15) is 6.61 Å². The number of hydrogen-bond donors (Lipinski definition) is 0. The molecule has 1 aliphatic heterocycles. The van der Waals surface area contributed by atoms with Crippen LogP contribution in [0.4, 0.5) is 4.79 Å². The van der Waals surface area contributed by atoms with Crippen LogP contribution in [0.15, 0.2) is 29.2 Å². The second-order valence-electron chi connectivity index (χ2n) is 5.95. The third-order valence-corrected chi connectivity index (χ3v) is 6.90. The van der Waals surface area contributed by atoms with E-state index >= 15 is 0 Å². The first-order valence-electron chi connectivity index (χ1n) is 7.31. The van der Waals surface area contributed by atoms with Crippen LogP contribution in [0.2, 0.25) is 0 Å². The second-order valence-corrected chi connectivity index (χ2v) is 8.94. The molecule has 2 atom stereocenters. The van der Waals surface area contributed by atoms with Gasteiger partial charge in [0.05, 0.1) is 10.9 Å². The summed E-state index contributed by atoms with van der Waals surface area (Å²) in [6.45, 7) is 1.99. The van der Waals surface area contributed by atoms with E-state index in [0.717, 1.165) is 16.3 Å². The molecule has 3 rings (SSSR count). The van der Waals surface area contributed by atoms with Crippen LogP contribution >= 0.6 is 15.9 Å². The molecule has 1 saturated carbocycles. The molecule has 120 valence electrons. The Kier molecular flexibility index (Phi) is 4.20. The number of carbonyl (C=O) groups excluding carboxylic acids is 1. The van der Waals surface area contributed by atoms with Gasteiger partial charge in [-0.25, -0.2) is 13.2 Å². The van der Waals surface area contributed by atoms with Crippen LogP contribution in [0.25, 0.3) is 0 Å². The van der Waals surface area contributed by atoms with Gasteiger partial charge in [0.25, 0.3) is 10.0 Å². The molecule has 0 N–H and O–H groups in total. The number of cyclic esters (lactones) is 1. The highest BCUT2D eigenvalue weighted by Crippen LogP contribution is 2.38. The number of carbonyl (C=O) groups is 1. The average Bonchev–Trinajstić information content (AvgIpc) is 3.18. The molecule has 0 radical (unpaired) electrons. The van der Waals surface area contributed by atoms with Crippen LogP contribution in [0.1, 0.15) is 24.8 Å². The quantitative estimate of drug-likeness (QED) is 0.728. The van der Waals surface area contributed by atoms with Crippen molar-refractivity contribution in [2.75, 3.05) is 6.61 Å². The van der Waals surface area contributed by atoms with Crippen molar-refractivity contribution in [3.8, 4) is 0 Å². The molecule has 7 heteroatoms. The van der Waals surface area contributed by atoms with E-state index in [0.29, 0.717) is 5.92 Å². The van der Waals surface area contributed by atoms with Crippen LogP contribution in [0, 0.1) is 12.8 Å². The number of benzene rings is 1. The van der Waals surface area contributed by atoms with Crippen LogP contribution in [-0.4, -0.2) is 36.3 Å². The highest BCUT2D eigenvalue weighted by molar-refractivity contribution is 9.09. The minimum Gasteiger partial charge on any atom is -0.446 e. The van der Waals surface area contributed by atoms with Crippen LogP contribution in [-0.2, 0) is 14.8 Å². The summed E-state index contributed by atoms with van der Waals surface area (Å²) in [6, 6.07) is 6.01. The molecular weight excluding hydrogens is 370 g/mol. The summed E-state index contributed by atoms with van der Waals surface area (Å²) in [4.78, 5) is 12.0. The summed E-state index contributed by atoms with van der Waals surface area (Å²) in [5, 5.41) is 0. The van der Waals surface area contributed by atoms with E-state index in [1.165, 1.54) is 25.0 Å². The van der Waals surface area contributed by atoms with Crippen LogP contribution in [0.3, 0.4) is 0 Å². The van der Waals surface area contributed by atoms with Gasteiger partial charge in [-0.15, -0.1) is 0 Å². The Morgan fingerprint density at radius 1 is 1.32 bits per heavy atom. The number of rotatable bonds is 5. The first-order chi connectivity index (χ1) is 10.4. The van der Waals surface area contributed by atoms with E-state index in [2.05, 4.69) is 15.9 Å². The SMILES string of the molecule is Cc1ccc(S(=O)(=O)N2C(=O)OCC2C(Br)CC2CC2)cc1. The van der Waals surface area contributed by atoms with Gasteiger partial charge in [-0.3, -0.25) is 0 Å². The van der Waals surface area contributed by atoms with Gasteiger partial charge in [0, 0.05) is 4.83 Å². The smallest absolute Gasteiger partial charge is 0.424 e. The maximum atomic E-state index is 12.8. The van der Waals surface area contributed by atoms with Crippen LogP contribution < -0.4 is 0 Å². The Balaban J connectivity index is 1.88. The molecule has 0 bridgehead atoms. The summed E-state index contributed by atoms with van der Waals surface area (Å²) in [5.41, 5.74) is 0.964. The van der Waals surface area contributed by atoms with Gasteiger partial charge in [-0.05, 0) is 31.4 Å². The van der Waals surface area contributed by atoms with Gasteiger partial charge in [0.2, 0.25) is 0 Å². The lowest BCUT2D eigenvalue weighted by Crippen LogP contribution is -2.43. The average molecular weight is 388 g/mol. The molecule has 1 aliphatic carbocycles. The highest BCUT2D eigenvalue weighted by Gasteiger charge is 2.46. The van der Waals surface area contributed by atoms with Crippen molar-refractivity contribution in [2.24, 2.45) is 5.92 Å². The molecule has 0 spiro atoms. The van der Waals surface area contributed by atoms with Gasteiger partial charge < -0.3 is 4.74 Å². The zero-order valence-corrected chi connectivity index (χ0v) is 14.6. The van der Waals surface area contributed by atoms with Gasteiger partial charge in [-0.1, -0.05) is 46.5 Å². The number of nitrogens with zero attached hydrogens (tertiary/aromatic N) is 1. The third-order valence-electron chi connectivity index (χ3n) is 4.11. The van der Waals surface area contributed by atoms with E-state index < -0.39 is 22.2 Å². The van der Waals surface area contributed by atoms with Gasteiger partial charge in [-0.2, -0.15) is 4.31 Å². The number of alkyl halides is 1. The summed E-state index contributed by atoms with van der Waals surface area (Å²) < 4.78 is 31.5. The molecule has 2 fully saturated rings. The molecule has 22 heavy (non-hydrogen) atoms. The Labute approximate surface area is 138 Å². The molecule has 1 saturated heterocycles. The predicted octanol–water partition coefficient (Wildman–Crippen LogP) is 3.07. The van der Waals surface area contributed by atoms with Gasteiger partial charge >= 0.3 is 6.09 Å². The molecule has 2 unspecified atom stereocenters. The molecule has 2 aliphatic rings. The summed E-state index contributed by atoms with van der Waals surface area (Å²) in [5.74, 6) is 0.629. The fraction of sp³-hybridized carbons (Fsp3) is 0.533.